The van der Waals surface area contributed by atoms with Crippen molar-refractivity contribution in [2.75, 3.05) is 6.61 Å². The van der Waals surface area contributed by atoms with Gasteiger partial charge in [-0.05, 0) is 43.3 Å². The normalized spacial score (nSPS) is 17.6. The summed E-state index contributed by atoms with van der Waals surface area (Å²) >= 11 is 0. The van der Waals surface area contributed by atoms with E-state index in [1.54, 1.807) is 11.1 Å². The second-order valence-corrected chi connectivity index (χ2v) is 6.07. The van der Waals surface area contributed by atoms with Crippen LogP contribution in [-0.2, 0) is 4.74 Å². The van der Waals surface area contributed by atoms with Gasteiger partial charge < -0.3 is 4.74 Å². The first kappa shape index (κ1) is 15.4. The minimum atomic E-state index is 0.819. The van der Waals surface area contributed by atoms with Crippen molar-refractivity contribution in [1.29, 1.82) is 0 Å². The molecule has 2 aliphatic rings. The number of ether oxygens (including phenoxy) is 1. The maximum absolute atomic E-state index is 5.96. The zero-order chi connectivity index (χ0) is 14.4. The van der Waals surface area contributed by atoms with E-state index in [9.17, 15) is 0 Å². The van der Waals surface area contributed by atoms with Crippen molar-refractivity contribution in [1.82, 2.24) is 0 Å². The summed E-state index contributed by atoms with van der Waals surface area (Å²) in [5, 5.41) is 0. The van der Waals surface area contributed by atoms with E-state index in [1.807, 2.05) is 0 Å². The van der Waals surface area contributed by atoms with Crippen molar-refractivity contribution < 1.29 is 4.74 Å². The third-order valence-electron chi connectivity index (χ3n) is 4.38. The fraction of sp³-hybridized carbons (Fsp3) is 0.684. The maximum Gasteiger partial charge on any atom is 0.114 e. The molecule has 1 nitrogen and oxygen atoms in total. The molecule has 0 amide bonds. The van der Waals surface area contributed by atoms with Crippen molar-refractivity contribution in [3.63, 3.8) is 0 Å². The van der Waals surface area contributed by atoms with Gasteiger partial charge in [0.1, 0.15) is 12.4 Å². The first-order chi connectivity index (χ1) is 9.81. The number of hydrogen-bond acceptors (Lipinski definition) is 1. The lowest BCUT2D eigenvalue weighted by molar-refractivity contribution is 0.247. The zero-order valence-corrected chi connectivity index (χ0v) is 13.6. The van der Waals surface area contributed by atoms with E-state index in [0.717, 1.165) is 13.0 Å². The number of fused-ring (bicyclic) bond motifs is 1. The Kier molecular flexibility index (Phi) is 5.94. The van der Waals surface area contributed by atoms with E-state index in [-0.39, 0.29) is 0 Å². The highest BCUT2D eigenvalue weighted by atomic mass is 16.5. The molecule has 1 heteroatoms. The molecule has 0 aromatic heterocycles. The summed E-state index contributed by atoms with van der Waals surface area (Å²) in [7, 11) is 0. The number of allylic oxidation sites excluding steroid dienone is 4. The topological polar surface area (TPSA) is 9.23 Å². The summed E-state index contributed by atoms with van der Waals surface area (Å²) in [5.41, 5.74) is 6.22. The minimum absolute atomic E-state index is 0.819. The molecule has 112 valence electrons. The molecule has 0 bridgehead atoms. The molecule has 20 heavy (non-hydrogen) atoms. The molecule has 0 radical (unpaired) electrons. The number of hydrogen-bond donors (Lipinski definition) is 0. The van der Waals surface area contributed by atoms with Gasteiger partial charge in [-0.1, -0.05) is 46.1 Å². The molecule has 1 aliphatic heterocycles. The molecule has 0 N–H and O–H groups in total. The molecule has 0 aromatic rings. The number of rotatable bonds is 9. The molecular weight excluding hydrogens is 244 g/mol. The van der Waals surface area contributed by atoms with Crippen molar-refractivity contribution in [2.45, 2.75) is 78.6 Å². The first-order valence-corrected chi connectivity index (χ1v) is 8.61. The molecule has 0 aromatic carbocycles. The van der Waals surface area contributed by atoms with Crippen LogP contribution in [0.25, 0.3) is 0 Å². The standard InChI is InChI=1S/C19H30O/c1-4-7-10-15-13-16-14-20-18(12-9-6-3)19(16)17(15)11-8-5-2/h13H,4-12,14H2,1-3H3. The van der Waals surface area contributed by atoms with E-state index in [1.165, 1.54) is 68.3 Å². The van der Waals surface area contributed by atoms with Crippen LogP contribution in [0.15, 0.2) is 34.1 Å². The van der Waals surface area contributed by atoms with Crippen molar-refractivity contribution in [3.05, 3.63) is 34.1 Å². The average molecular weight is 274 g/mol. The Balaban J connectivity index is 2.21. The molecule has 0 atom stereocenters. The van der Waals surface area contributed by atoms with Gasteiger partial charge in [0.05, 0.1) is 0 Å². The summed E-state index contributed by atoms with van der Waals surface area (Å²) in [5.74, 6) is 1.29. The van der Waals surface area contributed by atoms with E-state index < -0.39 is 0 Å². The summed E-state index contributed by atoms with van der Waals surface area (Å²) in [6.07, 6.45) is 13.7. The highest BCUT2D eigenvalue weighted by Crippen LogP contribution is 2.43. The second kappa shape index (κ2) is 7.71. The quantitative estimate of drug-likeness (QED) is 0.495. The van der Waals surface area contributed by atoms with Gasteiger partial charge in [-0.2, -0.15) is 0 Å². The van der Waals surface area contributed by atoms with E-state index in [4.69, 9.17) is 4.74 Å². The summed E-state index contributed by atoms with van der Waals surface area (Å²) in [6.45, 7) is 7.64. The predicted molar refractivity (Wildman–Crippen MR) is 86.7 cm³/mol. The van der Waals surface area contributed by atoms with Gasteiger partial charge in [-0.3, -0.25) is 0 Å². The molecule has 2 rings (SSSR count). The van der Waals surface area contributed by atoms with Crippen molar-refractivity contribution in [2.24, 2.45) is 0 Å². The smallest absolute Gasteiger partial charge is 0.114 e. The molecule has 1 heterocycles. The average Bonchev–Trinajstić information content (AvgIpc) is 3.00. The lowest BCUT2D eigenvalue weighted by Gasteiger charge is -2.11. The fourth-order valence-electron chi connectivity index (χ4n) is 3.19. The third kappa shape index (κ3) is 3.37. The Hall–Kier alpha value is -0.980. The van der Waals surface area contributed by atoms with Crippen LogP contribution < -0.4 is 0 Å². The fourth-order valence-corrected chi connectivity index (χ4v) is 3.19. The van der Waals surface area contributed by atoms with Crippen molar-refractivity contribution in [3.8, 4) is 0 Å². The molecule has 0 fully saturated rings. The van der Waals surface area contributed by atoms with Crippen LogP contribution >= 0.6 is 0 Å². The van der Waals surface area contributed by atoms with Gasteiger partial charge in [0.2, 0.25) is 0 Å². The van der Waals surface area contributed by atoms with Gasteiger partial charge in [0.25, 0.3) is 0 Å². The third-order valence-corrected chi connectivity index (χ3v) is 4.38. The monoisotopic (exact) mass is 274 g/mol. The van der Waals surface area contributed by atoms with Gasteiger partial charge in [-0.15, -0.1) is 0 Å². The zero-order valence-electron chi connectivity index (χ0n) is 13.6. The Labute approximate surface area is 124 Å². The largest absolute Gasteiger partial charge is 0.493 e. The van der Waals surface area contributed by atoms with Gasteiger partial charge >= 0.3 is 0 Å². The van der Waals surface area contributed by atoms with Crippen LogP contribution in [-0.4, -0.2) is 6.61 Å². The lowest BCUT2D eigenvalue weighted by atomic mass is 9.94. The van der Waals surface area contributed by atoms with Crippen LogP contribution in [0.5, 0.6) is 0 Å². The molecule has 1 aliphatic carbocycles. The van der Waals surface area contributed by atoms with E-state index in [2.05, 4.69) is 26.8 Å². The number of unbranched alkanes of at least 4 members (excludes halogenated alkanes) is 3. The van der Waals surface area contributed by atoms with Crippen LogP contribution in [0.3, 0.4) is 0 Å². The SMILES string of the molecule is CCCCC1=C(CCCC)C2=C(CCCC)OCC2=C1. The van der Waals surface area contributed by atoms with E-state index in [0.29, 0.717) is 0 Å². The van der Waals surface area contributed by atoms with Crippen LogP contribution in [0, 0.1) is 0 Å². The van der Waals surface area contributed by atoms with Crippen LogP contribution in [0.4, 0.5) is 0 Å². The van der Waals surface area contributed by atoms with Crippen molar-refractivity contribution >= 4 is 0 Å². The maximum atomic E-state index is 5.96. The molecular formula is C19H30O. The summed E-state index contributed by atoms with van der Waals surface area (Å²) < 4.78 is 5.96. The lowest BCUT2D eigenvalue weighted by Crippen LogP contribution is -1.94. The van der Waals surface area contributed by atoms with Gasteiger partial charge in [0, 0.05) is 17.6 Å². The first-order valence-electron chi connectivity index (χ1n) is 8.61. The highest BCUT2D eigenvalue weighted by Gasteiger charge is 2.29. The predicted octanol–water partition coefficient (Wildman–Crippen LogP) is 6.08. The Bertz CT molecular complexity index is 423. The van der Waals surface area contributed by atoms with Crippen LogP contribution in [0.1, 0.15) is 78.6 Å². The summed E-state index contributed by atoms with van der Waals surface area (Å²) in [6, 6.07) is 0. The molecule has 0 unspecified atom stereocenters. The highest BCUT2D eigenvalue weighted by molar-refractivity contribution is 5.62. The van der Waals surface area contributed by atoms with Gasteiger partial charge in [0.15, 0.2) is 0 Å². The van der Waals surface area contributed by atoms with Crippen LogP contribution in [0.2, 0.25) is 0 Å². The minimum Gasteiger partial charge on any atom is -0.493 e. The molecule has 0 spiro atoms. The molecule has 0 saturated carbocycles. The Morgan fingerprint density at radius 1 is 0.900 bits per heavy atom. The Morgan fingerprint density at radius 3 is 2.25 bits per heavy atom. The Morgan fingerprint density at radius 2 is 1.55 bits per heavy atom. The summed E-state index contributed by atoms with van der Waals surface area (Å²) in [4.78, 5) is 0. The van der Waals surface area contributed by atoms with E-state index >= 15 is 0 Å². The second-order valence-electron chi connectivity index (χ2n) is 6.07. The van der Waals surface area contributed by atoms with Gasteiger partial charge in [-0.25, -0.2) is 0 Å². The molecule has 0 saturated heterocycles.